The average molecular weight is 388 g/mol. The van der Waals surface area contributed by atoms with Crippen molar-refractivity contribution < 1.29 is 14.3 Å². The Morgan fingerprint density at radius 1 is 0.926 bits per heavy atom. The van der Waals surface area contributed by atoms with E-state index in [1.165, 1.54) is 0 Å². The predicted octanol–water partition coefficient (Wildman–Crippen LogP) is 5.09. The number of thioether (sulfide) groups is 1. The van der Waals surface area contributed by atoms with Crippen LogP contribution in [0.4, 0.5) is 0 Å². The first-order chi connectivity index (χ1) is 12.9. The van der Waals surface area contributed by atoms with Crippen LogP contribution in [0.15, 0.2) is 53.4 Å². The standard InChI is InChI=1S/C22H29NO3S/c1-15(2)14-21(17-6-8-18(25-4)9-7-17)23-22(24)16(3)27-20-12-10-19(26-5)11-13-20/h6-13,15-16,21H,14H2,1-5H3,(H,23,24)/t16-,21-/m1/s1. The molecule has 2 atom stereocenters. The van der Waals surface area contributed by atoms with Crippen LogP contribution >= 0.6 is 11.8 Å². The number of amides is 1. The Morgan fingerprint density at radius 3 is 1.93 bits per heavy atom. The Hall–Kier alpha value is -2.14. The summed E-state index contributed by atoms with van der Waals surface area (Å²) in [5, 5.41) is 3.03. The van der Waals surface area contributed by atoms with Crippen molar-refractivity contribution in [1.82, 2.24) is 5.32 Å². The van der Waals surface area contributed by atoms with Gasteiger partial charge >= 0.3 is 0 Å². The van der Waals surface area contributed by atoms with Crippen molar-refractivity contribution in [1.29, 1.82) is 0 Å². The Balaban J connectivity index is 2.04. The predicted molar refractivity (Wildman–Crippen MR) is 112 cm³/mol. The lowest BCUT2D eigenvalue weighted by atomic mass is 9.96. The molecule has 2 aromatic rings. The van der Waals surface area contributed by atoms with Crippen LogP contribution in [-0.2, 0) is 4.79 Å². The summed E-state index contributed by atoms with van der Waals surface area (Å²) in [6.45, 7) is 6.26. The molecule has 1 amide bonds. The second-order valence-electron chi connectivity index (χ2n) is 6.90. The summed E-state index contributed by atoms with van der Waals surface area (Å²) >= 11 is 1.55. The summed E-state index contributed by atoms with van der Waals surface area (Å²) in [5.41, 5.74) is 1.10. The molecule has 0 heterocycles. The van der Waals surface area contributed by atoms with Gasteiger partial charge in [0.05, 0.1) is 25.5 Å². The maximum Gasteiger partial charge on any atom is 0.233 e. The smallest absolute Gasteiger partial charge is 0.233 e. The fourth-order valence-electron chi connectivity index (χ4n) is 2.79. The van der Waals surface area contributed by atoms with E-state index in [1.807, 2.05) is 55.5 Å². The highest BCUT2D eigenvalue weighted by molar-refractivity contribution is 8.00. The highest BCUT2D eigenvalue weighted by atomic mass is 32.2. The molecule has 0 spiro atoms. The monoisotopic (exact) mass is 387 g/mol. The number of hydrogen-bond acceptors (Lipinski definition) is 4. The van der Waals surface area contributed by atoms with Gasteiger partial charge in [-0.2, -0.15) is 0 Å². The second kappa shape index (κ2) is 10.3. The molecule has 0 aliphatic carbocycles. The third-order valence-corrected chi connectivity index (χ3v) is 5.40. The lowest BCUT2D eigenvalue weighted by Gasteiger charge is -2.23. The van der Waals surface area contributed by atoms with Gasteiger partial charge in [0.25, 0.3) is 0 Å². The molecular weight excluding hydrogens is 358 g/mol. The average Bonchev–Trinajstić information content (AvgIpc) is 2.67. The maximum absolute atomic E-state index is 12.8. The zero-order chi connectivity index (χ0) is 19.8. The quantitative estimate of drug-likeness (QED) is 0.609. The lowest BCUT2D eigenvalue weighted by molar-refractivity contribution is -0.121. The number of methoxy groups -OCH3 is 2. The SMILES string of the molecule is COc1ccc(S[C@H](C)C(=O)N[C@H](CC(C)C)c2ccc(OC)cc2)cc1. The van der Waals surface area contributed by atoms with E-state index in [0.717, 1.165) is 28.4 Å². The number of carbonyl (C=O) groups excluding carboxylic acids is 1. The summed E-state index contributed by atoms with van der Waals surface area (Å²) in [5.74, 6) is 2.14. The van der Waals surface area contributed by atoms with Crippen LogP contribution in [-0.4, -0.2) is 25.4 Å². The molecule has 0 aliphatic heterocycles. The van der Waals surface area contributed by atoms with Gasteiger partial charge in [-0.3, -0.25) is 4.79 Å². The van der Waals surface area contributed by atoms with Crippen molar-refractivity contribution in [2.45, 2.75) is 43.4 Å². The molecule has 0 radical (unpaired) electrons. The van der Waals surface area contributed by atoms with Crippen molar-refractivity contribution in [3.05, 3.63) is 54.1 Å². The molecule has 0 bridgehead atoms. The molecule has 2 aromatic carbocycles. The van der Waals surface area contributed by atoms with Gasteiger partial charge in [0.1, 0.15) is 11.5 Å². The molecule has 0 saturated heterocycles. The molecule has 2 rings (SSSR count). The fourth-order valence-corrected chi connectivity index (χ4v) is 3.66. The molecule has 0 fully saturated rings. The molecule has 1 N–H and O–H groups in total. The highest BCUT2D eigenvalue weighted by Gasteiger charge is 2.21. The highest BCUT2D eigenvalue weighted by Crippen LogP contribution is 2.28. The van der Waals surface area contributed by atoms with Gasteiger partial charge in [-0.25, -0.2) is 0 Å². The van der Waals surface area contributed by atoms with E-state index >= 15 is 0 Å². The minimum Gasteiger partial charge on any atom is -0.497 e. The Morgan fingerprint density at radius 2 is 1.44 bits per heavy atom. The van der Waals surface area contributed by atoms with Crippen LogP contribution in [0.25, 0.3) is 0 Å². The zero-order valence-corrected chi connectivity index (χ0v) is 17.5. The first-order valence-electron chi connectivity index (χ1n) is 9.18. The number of benzene rings is 2. The van der Waals surface area contributed by atoms with Crippen molar-refractivity contribution in [2.75, 3.05) is 14.2 Å². The fraction of sp³-hybridized carbons (Fsp3) is 0.409. The molecule has 0 aromatic heterocycles. The molecule has 0 unspecified atom stereocenters. The summed E-state index contributed by atoms with van der Waals surface area (Å²) in [6.07, 6.45) is 0.887. The molecule has 0 saturated carbocycles. The molecule has 5 heteroatoms. The van der Waals surface area contributed by atoms with Crippen molar-refractivity contribution in [3.63, 3.8) is 0 Å². The second-order valence-corrected chi connectivity index (χ2v) is 8.31. The van der Waals surface area contributed by atoms with Crippen LogP contribution in [0.2, 0.25) is 0 Å². The summed E-state index contributed by atoms with van der Waals surface area (Å²) in [7, 11) is 3.30. The number of rotatable bonds is 9. The van der Waals surface area contributed by atoms with Gasteiger partial charge in [-0.05, 0) is 61.2 Å². The molecule has 27 heavy (non-hydrogen) atoms. The van der Waals surface area contributed by atoms with Gasteiger partial charge in [0, 0.05) is 4.90 Å². The molecular formula is C22H29NO3S. The molecule has 0 aliphatic rings. The Bertz CT molecular complexity index is 713. The van der Waals surface area contributed by atoms with E-state index in [-0.39, 0.29) is 17.2 Å². The van der Waals surface area contributed by atoms with Crippen molar-refractivity contribution in [2.24, 2.45) is 5.92 Å². The third-order valence-electron chi connectivity index (χ3n) is 4.28. The van der Waals surface area contributed by atoms with E-state index in [9.17, 15) is 4.79 Å². The number of carbonyl (C=O) groups is 1. The number of hydrogen-bond donors (Lipinski definition) is 1. The maximum atomic E-state index is 12.8. The van der Waals surface area contributed by atoms with E-state index in [1.54, 1.807) is 26.0 Å². The van der Waals surface area contributed by atoms with Crippen LogP contribution in [0.5, 0.6) is 11.5 Å². The van der Waals surface area contributed by atoms with Crippen LogP contribution in [0.3, 0.4) is 0 Å². The summed E-state index contributed by atoms with van der Waals surface area (Å²) in [6, 6.07) is 15.7. The lowest BCUT2D eigenvalue weighted by Crippen LogP contribution is -2.35. The molecule has 4 nitrogen and oxygen atoms in total. The molecule has 146 valence electrons. The summed E-state index contributed by atoms with van der Waals surface area (Å²) < 4.78 is 10.4. The minimum absolute atomic E-state index is 0.0117. The normalized spacial score (nSPS) is 13.1. The topological polar surface area (TPSA) is 47.6 Å². The van der Waals surface area contributed by atoms with Crippen LogP contribution in [0.1, 0.15) is 38.8 Å². The van der Waals surface area contributed by atoms with Gasteiger partial charge in [0.2, 0.25) is 5.91 Å². The van der Waals surface area contributed by atoms with Gasteiger partial charge in [0.15, 0.2) is 0 Å². The first-order valence-corrected chi connectivity index (χ1v) is 10.1. The van der Waals surface area contributed by atoms with Gasteiger partial charge < -0.3 is 14.8 Å². The van der Waals surface area contributed by atoms with Crippen molar-refractivity contribution >= 4 is 17.7 Å². The Kier molecular flexibility index (Phi) is 8.04. The van der Waals surface area contributed by atoms with E-state index in [4.69, 9.17) is 9.47 Å². The number of ether oxygens (including phenoxy) is 2. The number of nitrogens with one attached hydrogen (secondary N) is 1. The van der Waals surface area contributed by atoms with Crippen LogP contribution < -0.4 is 14.8 Å². The largest absolute Gasteiger partial charge is 0.497 e. The van der Waals surface area contributed by atoms with Gasteiger partial charge in [-0.15, -0.1) is 11.8 Å². The summed E-state index contributed by atoms with van der Waals surface area (Å²) in [4.78, 5) is 13.8. The van der Waals surface area contributed by atoms with Crippen LogP contribution in [0, 0.1) is 5.92 Å². The minimum atomic E-state index is -0.189. The Labute approximate surface area is 166 Å². The first kappa shape index (κ1) is 21.2. The third kappa shape index (κ3) is 6.51. The van der Waals surface area contributed by atoms with Gasteiger partial charge in [-0.1, -0.05) is 26.0 Å². The van der Waals surface area contributed by atoms with E-state index in [0.29, 0.717) is 5.92 Å². The van der Waals surface area contributed by atoms with E-state index < -0.39 is 0 Å². The van der Waals surface area contributed by atoms with Crippen molar-refractivity contribution in [3.8, 4) is 11.5 Å². The zero-order valence-electron chi connectivity index (χ0n) is 16.7. The van der Waals surface area contributed by atoms with E-state index in [2.05, 4.69) is 19.2 Å².